The van der Waals surface area contributed by atoms with Gasteiger partial charge in [0.05, 0.1) is 5.69 Å². The lowest BCUT2D eigenvalue weighted by Gasteiger charge is -2.06. The molecule has 4 nitrogen and oxygen atoms in total. The number of benzene rings is 1. The van der Waals surface area contributed by atoms with Crippen molar-refractivity contribution in [2.24, 2.45) is 7.05 Å². The first-order valence-corrected chi connectivity index (χ1v) is 5.83. The first-order chi connectivity index (χ1) is 8.49. The van der Waals surface area contributed by atoms with Crippen molar-refractivity contribution < 1.29 is 4.79 Å². The summed E-state index contributed by atoms with van der Waals surface area (Å²) >= 11 is 0. The summed E-state index contributed by atoms with van der Waals surface area (Å²) in [7, 11) is 1.73. The fourth-order valence-electron chi connectivity index (χ4n) is 2.11. The quantitative estimate of drug-likeness (QED) is 0.823. The van der Waals surface area contributed by atoms with Crippen molar-refractivity contribution in [3.05, 3.63) is 52.2 Å². The van der Waals surface area contributed by atoms with Gasteiger partial charge >= 0.3 is 5.69 Å². The highest BCUT2D eigenvalue weighted by Gasteiger charge is 2.08. The second-order valence-electron chi connectivity index (χ2n) is 4.55. The number of hydrogen-bond donors (Lipinski definition) is 0. The van der Waals surface area contributed by atoms with Gasteiger partial charge in [0, 0.05) is 25.4 Å². The Morgan fingerprint density at radius 3 is 2.61 bits per heavy atom. The largest absolute Gasteiger partial charge is 0.332 e. The van der Waals surface area contributed by atoms with Crippen molar-refractivity contribution in [1.82, 2.24) is 9.13 Å². The molecular weight excluding hydrogens is 228 g/mol. The SMILES string of the molecule is CC(=O)Cc1cccc(-n2c(C)cn(C)c2=O)c1. The van der Waals surface area contributed by atoms with E-state index in [1.165, 1.54) is 0 Å². The van der Waals surface area contributed by atoms with Crippen LogP contribution in [0.2, 0.25) is 0 Å². The van der Waals surface area contributed by atoms with Crippen LogP contribution in [0, 0.1) is 6.92 Å². The number of aryl methyl sites for hydroxylation is 2. The van der Waals surface area contributed by atoms with Gasteiger partial charge in [-0.05, 0) is 31.5 Å². The van der Waals surface area contributed by atoms with E-state index in [-0.39, 0.29) is 11.5 Å². The topological polar surface area (TPSA) is 44.0 Å². The summed E-state index contributed by atoms with van der Waals surface area (Å²) in [6.45, 7) is 3.45. The van der Waals surface area contributed by atoms with Crippen LogP contribution in [0.4, 0.5) is 0 Å². The molecular formula is C14H16N2O2. The number of hydrogen-bond acceptors (Lipinski definition) is 2. The van der Waals surface area contributed by atoms with Crippen molar-refractivity contribution in [1.29, 1.82) is 0 Å². The summed E-state index contributed by atoms with van der Waals surface area (Å²) in [5, 5.41) is 0. The molecule has 0 N–H and O–H groups in total. The van der Waals surface area contributed by atoms with Crippen LogP contribution in [0.3, 0.4) is 0 Å². The predicted molar refractivity (Wildman–Crippen MR) is 70.1 cm³/mol. The van der Waals surface area contributed by atoms with Crippen LogP contribution < -0.4 is 5.69 Å². The summed E-state index contributed by atoms with van der Waals surface area (Å²) in [5.74, 6) is 0.115. The Balaban J connectivity index is 2.51. The van der Waals surface area contributed by atoms with Gasteiger partial charge in [-0.3, -0.25) is 9.36 Å². The second-order valence-corrected chi connectivity index (χ2v) is 4.55. The standard InChI is InChI=1S/C14H16N2O2/c1-10-9-15(3)14(18)16(10)13-6-4-5-12(8-13)7-11(2)17/h4-6,8-9H,7H2,1-3H3. The minimum atomic E-state index is -0.0764. The number of rotatable bonds is 3. The predicted octanol–water partition coefficient (Wildman–Crippen LogP) is 1.62. The van der Waals surface area contributed by atoms with E-state index in [1.807, 2.05) is 31.2 Å². The average molecular weight is 244 g/mol. The van der Waals surface area contributed by atoms with Crippen molar-refractivity contribution in [2.75, 3.05) is 0 Å². The maximum atomic E-state index is 12.0. The fourth-order valence-corrected chi connectivity index (χ4v) is 2.11. The van der Waals surface area contributed by atoms with Gasteiger partial charge in [0.1, 0.15) is 5.78 Å². The van der Waals surface area contributed by atoms with Crippen molar-refractivity contribution >= 4 is 5.78 Å². The van der Waals surface area contributed by atoms with Crippen LogP contribution in [0.15, 0.2) is 35.3 Å². The molecule has 0 amide bonds. The molecule has 0 aliphatic rings. The highest BCUT2D eigenvalue weighted by atomic mass is 16.1. The van der Waals surface area contributed by atoms with Gasteiger partial charge in [-0.1, -0.05) is 12.1 Å². The Labute approximate surface area is 105 Å². The van der Waals surface area contributed by atoms with Crippen LogP contribution in [0.5, 0.6) is 0 Å². The van der Waals surface area contributed by atoms with E-state index in [1.54, 1.807) is 29.3 Å². The molecule has 1 aromatic heterocycles. The zero-order valence-electron chi connectivity index (χ0n) is 10.8. The maximum absolute atomic E-state index is 12.0. The van der Waals surface area contributed by atoms with Gasteiger partial charge in [0.25, 0.3) is 0 Å². The smallest absolute Gasteiger partial charge is 0.302 e. The van der Waals surface area contributed by atoms with E-state index in [9.17, 15) is 9.59 Å². The molecule has 2 aromatic rings. The first-order valence-electron chi connectivity index (χ1n) is 5.83. The van der Waals surface area contributed by atoms with E-state index >= 15 is 0 Å². The normalized spacial score (nSPS) is 10.6. The van der Waals surface area contributed by atoms with E-state index in [0.717, 1.165) is 16.9 Å². The molecule has 0 aliphatic heterocycles. The van der Waals surface area contributed by atoms with Gasteiger partial charge in [-0.15, -0.1) is 0 Å². The lowest BCUT2D eigenvalue weighted by molar-refractivity contribution is -0.116. The highest BCUT2D eigenvalue weighted by molar-refractivity contribution is 5.78. The van der Waals surface area contributed by atoms with Crippen LogP contribution in [0.1, 0.15) is 18.2 Å². The molecule has 0 radical (unpaired) electrons. The van der Waals surface area contributed by atoms with Crippen molar-refractivity contribution in [3.8, 4) is 5.69 Å². The number of nitrogens with zero attached hydrogens (tertiary/aromatic N) is 2. The molecule has 1 aromatic carbocycles. The van der Waals surface area contributed by atoms with Gasteiger partial charge < -0.3 is 4.57 Å². The first kappa shape index (κ1) is 12.4. The van der Waals surface area contributed by atoms with E-state index in [0.29, 0.717) is 6.42 Å². The number of carbonyl (C=O) groups is 1. The summed E-state index contributed by atoms with van der Waals surface area (Å²) < 4.78 is 3.19. The molecule has 0 saturated heterocycles. The minimum Gasteiger partial charge on any atom is -0.302 e. The van der Waals surface area contributed by atoms with E-state index < -0.39 is 0 Å². The molecule has 0 fully saturated rings. The third-order valence-corrected chi connectivity index (χ3v) is 2.85. The number of imidazole rings is 1. The lowest BCUT2D eigenvalue weighted by atomic mass is 10.1. The Kier molecular flexibility index (Phi) is 3.19. The Morgan fingerprint density at radius 2 is 2.06 bits per heavy atom. The Morgan fingerprint density at radius 1 is 1.33 bits per heavy atom. The maximum Gasteiger partial charge on any atom is 0.332 e. The molecule has 0 atom stereocenters. The third-order valence-electron chi connectivity index (χ3n) is 2.85. The highest BCUT2D eigenvalue weighted by Crippen LogP contribution is 2.12. The fraction of sp³-hybridized carbons (Fsp3) is 0.286. The minimum absolute atomic E-state index is 0.0764. The second kappa shape index (κ2) is 4.64. The van der Waals surface area contributed by atoms with Crippen LogP contribution in [-0.2, 0) is 18.3 Å². The third kappa shape index (κ3) is 2.27. The van der Waals surface area contributed by atoms with E-state index in [4.69, 9.17) is 0 Å². The summed E-state index contributed by atoms with van der Waals surface area (Å²) in [5.41, 5.74) is 2.53. The summed E-state index contributed by atoms with van der Waals surface area (Å²) in [6.07, 6.45) is 2.19. The van der Waals surface area contributed by atoms with Crippen LogP contribution >= 0.6 is 0 Å². The molecule has 0 spiro atoms. The monoisotopic (exact) mass is 244 g/mol. The van der Waals surface area contributed by atoms with Gasteiger partial charge in [0.15, 0.2) is 0 Å². The molecule has 0 unspecified atom stereocenters. The van der Waals surface area contributed by atoms with Crippen molar-refractivity contribution in [3.63, 3.8) is 0 Å². The Hall–Kier alpha value is -2.10. The zero-order valence-corrected chi connectivity index (χ0v) is 10.8. The molecule has 94 valence electrons. The average Bonchev–Trinajstić information content (AvgIpc) is 2.52. The number of aromatic nitrogens is 2. The molecule has 0 bridgehead atoms. The molecule has 4 heteroatoms. The lowest BCUT2D eigenvalue weighted by Crippen LogP contribution is -2.21. The molecule has 0 aliphatic carbocycles. The molecule has 1 heterocycles. The van der Waals surface area contributed by atoms with E-state index in [2.05, 4.69) is 0 Å². The summed E-state index contributed by atoms with van der Waals surface area (Å²) in [4.78, 5) is 23.1. The van der Waals surface area contributed by atoms with Gasteiger partial charge in [-0.2, -0.15) is 0 Å². The zero-order chi connectivity index (χ0) is 13.3. The summed E-state index contributed by atoms with van der Waals surface area (Å²) in [6, 6.07) is 7.52. The number of carbonyl (C=O) groups excluding carboxylic acids is 1. The number of Topliss-reactive ketones (excluding diaryl/α,β-unsaturated/α-hetero) is 1. The van der Waals surface area contributed by atoms with Crippen LogP contribution in [-0.4, -0.2) is 14.9 Å². The molecule has 18 heavy (non-hydrogen) atoms. The molecule has 2 rings (SSSR count). The Bertz CT molecular complexity index is 650. The van der Waals surface area contributed by atoms with Crippen molar-refractivity contribution in [2.45, 2.75) is 20.3 Å². The van der Waals surface area contributed by atoms with Gasteiger partial charge in [-0.25, -0.2) is 4.79 Å². The van der Waals surface area contributed by atoms with Gasteiger partial charge in [0.2, 0.25) is 0 Å². The molecule has 0 saturated carbocycles. The number of ketones is 1. The van der Waals surface area contributed by atoms with Crippen LogP contribution in [0.25, 0.3) is 5.69 Å².